The highest BCUT2D eigenvalue weighted by molar-refractivity contribution is 7.93. The Morgan fingerprint density at radius 1 is 1.38 bits per heavy atom. The van der Waals surface area contributed by atoms with E-state index in [1.54, 1.807) is 6.07 Å². The van der Waals surface area contributed by atoms with E-state index in [1.807, 2.05) is 6.07 Å². The molecular formula is C13H14N4O2S2. The Labute approximate surface area is 127 Å². The smallest absolute Gasteiger partial charge is 0.253 e. The van der Waals surface area contributed by atoms with Crippen LogP contribution in [0.3, 0.4) is 0 Å². The molecule has 0 spiro atoms. The first-order valence-corrected chi connectivity index (χ1v) is 8.56. The molecule has 0 amide bonds. The van der Waals surface area contributed by atoms with Crippen molar-refractivity contribution in [1.82, 2.24) is 10.2 Å². The van der Waals surface area contributed by atoms with Crippen LogP contribution in [0.25, 0.3) is 0 Å². The second kappa shape index (κ2) is 6.20. The van der Waals surface area contributed by atoms with Gasteiger partial charge in [-0.25, -0.2) is 8.42 Å². The third kappa shape index (κ3) is 4.00. The molecule has 0 unspecified atom stereocenters. The minimum Gasteiger partial charge on any atom is -0.253 e. The molecule has 2 aromatic rings. The van der Waals surface area contributed by atoms with E-state index in [4.69, 9.17) is 5.26 Å². The first-order valence-electron chi connectivity index (χ1n) is 6.26. The Kier molecular flexibility index (Phi) is 4.55. The lowest BCUT2D eigenvalue weighted by Crippen LogP contribution is -2.12. The predicted octanol–water partition coefficient (Wildman–Crippen LogP) is 2.41. The van der Waals surface area contributed by atoms with Crippen molar-refractivity contribution in [2.45, 2.75) is 25.2 Å². The summed E-state index contributed by atoms with van der Waals surface area (Å²) in [7, 11) is -3.75. The zero-order valence-electron chi connectivity index (χ0n) is 11.6. The highest BCUT2D eigenvalue weighted by Gasteiger charge is 2.17. The summed E-state index contributed by atoms with van der Waals surface area (Å²) in [6.07, 6.45) is 0.753. The van der Waals surface area contributed by atoms with Crippen LogP contribution < -0.4 is 4.72 Å². The number of benzene rings is 1. The van der Waals surface area contributed by atoms with Crippen molar-refractivity contribution >= 4 is 26.5 Å². The van der Waals surface area contributed by atoms with Crippen LogP contribution in [0.2, 0.25) is 0 Å². The molecule has 0 radical (unpaired) electrons. The molecule has 8 heteroatoms. The number of sulfonamides is 1. The molecule has 0 bridgehead atoms. The lowest BCUT2D eigenvalue weighted by Gasteiger charge is -2.04. The van der Waals surface area contributed by atoms with E-state index in [2.05, 4.69) is 28.8 Å². The van der Waals surface area contributed by atoms with Crippen molar-refractivity contribution < 1.29 is 8.42 Å². The van der Waals surface area contributed by atoms with Gasteiger partial charge in [-0.3, -0.25) is 4.72 Å². The molecule has 0 aliphatic heterocycles. The van der Waals surface area contributed by atoms with Gasteiger partial charge in [0, 0.05) is 6.42 Å². The first-order chi connectivity index (χ1) is 9.90. The summed E-state index contributed by atoms with van der Waals surface area (Å²) >= 11 is 1.22. The number of nitriles is 1. The van der Waals surface area contributed by atoms with Gasteiger partial charge in [0.15, 0.2) is 0 Å². The van der Waals surface area contributed by atoms with Crippen molar-refractivity contribution in [2.24, 2.45) is 5.92 Å². The third-order valence-corrected chi connectivity index (χ3v) is 4.87. The molecule has 6 nitrogen and oxygen atoms in total. The number of aromatic nitrogens is 2. The minimum atomic E-state index is -3.75. The van der Waals surface area contributed by atoms with E-state index >= 15 is 0 Å². The number of hydrogen-bond donors (Lipinski definition) is 1. The lowest BCUT2D eigenvalue weighted by atomic mass is 10.1. The maximum Gasteiger partial charge on any atom is 0.263 e. The van der Waals surface area contributed by atoms with E-state index in [9.17, 15) is 8.42 Å². The molecule has 0 fully saturated rings. The van der Waals surface area contributed by atoms with Crippen molar-refractivity contribution in [2.75, 3.05) is 4.72 Å². The van der Waals surface area contributed by atoms with Crippen LogP contribution in [0.5, 0.6) is 0 Å². The fourth-order valence-corrected chi connectivity index (χ4v) is 3.86. The van der Waals surface area contributed by atoms with Crippen LogP contribution in [0, 0.1) is 17.2 Å². The predicted molar refractivity (Wildman–Crippen MR) is 80.4 cm³/mol. The fourth-order valence-electron chi connectivity index (χ4n) is 1.63. The molecular weight excluding hydrogens is 308 g/mol. The lowest BCUT2D eigenvalue weighted by molar-refractivity contribution is 0.601. The van der Waals surface area contributed by atoms with Gasteiger partial charge in [0.2, 0.25) is 5.13 Å². The van der Waals surface area contributed by atoms with Gasteiger partial charge in [0.25, 0.3) is 10.0 Å². The summed E-state index contributed by atoms with van der Waals surface area (Å²) in [4.78, 5) is 0.0298. The van der Waals surface area contributed by atoms with Crippen LogP contribution in [-0.2, 0) is 16.4 Å². The Morgan fingerprint density at radius 2 is 2.14 bits per heavy atom. The van der Waals surface area contributed by atoms with E-state index in [1.165, 1.54) is 29.5 Å². The second-order valence-corrected chi connectivity index (χ2v) is 7.59. The summed E-state index contributed by atoms with van der Waals surface area (Å²) in [5, 5.41) is 17.6. The fraction of sp³-hybridized carbons (Fsp3) is 0.308. The molecule has 1 N–H and O–H groups in total. The normalized spacial score (nSPS) is 11.3. The maximum absolute atomic E-state index is 12.2. The van der Waals surface area contributed by atoms with Crippen LogP contribution in [0.4, 0.5) is 5.13 Å². The molecule has 110 valence electrons. The van der Waals surface area contributed by atoms with E-state index in [0.717, 1.165) is 11.4 Å². The number of nitrogens with one attached hydrogen (secondary N) is 1. The molecule has 0 saturated heterocycles. The van der Waals surface area contributed by atoms with Gasteiger partial charge in [-0.15, -0.1) is 10.2 Å². The summed E-state index contributed by atoms with van der Waals surface area (Å²) < 4.78 is 26.8. The molecule has 2 rings (SSSR count). The van der Waals surface area contributed by atoms with E-state index in [-0.39, 0.29) is 15.6 Å². The summed E-state index contributed by atoms with van der Waals surface area (Å²) in [6, 6.07) is 7.73. The van der Waals surface area contributed by atoms with Gasteiger partial charge in [-0.2, -0.15) is 5.26 Å². The van der Waals surface area contributed by atoms with Gasteiger partial charge in [-0.1, -0.05) is 31.3 Å². The van der Waals surface area contributed by atoms with Gasteiger partial charge >= 0.3 is 0 Å². The number of hydrogen-bond acceptors (Lipinski definition) is 6. The topological polar surface area (TPSA) is 95.7 Å². The molecule has 21 heavy (non-hydrogen) atoms. The third-order valence-electron chi connectivity index (χ3n) is 2.54. The van der Waals surface area contributed by atoms with E-state index in [0.29, 0.717) is 5.92 Å². The molecule has 1 aromatic heterocycles. The van der Waals surface area contributed by atoms with Crippen molar-refractivity contribution in [3.63, 3.8) is 0 Å². The first kappa shape index (κ1) is 15.4. The van der Waals surface area contributed by atoms with Crippen LogP contribution in [-0.4, -0.2) is 18.6 Å². The molecule has 0 atom stereocenters. The monoisotopic (exact) mass is 322 g/mol. The SMILES string of the molecule is CC(C)Cc1nnc(NS(=O)(=O)c2cccc(C#N)c2)s1. The average Bonchev–Trinajstić information content (AvgIpc) is 2.84. The Morgan fingerprint density at radius 3 is 2.81 bits per heavy atom. The van der Waals surface area contributed by atoms with Gasteiger partial charge in [0.1, 0.15) is 5.01 Å². The van der Waals surface area contributed by atoms with Gasteiger partial charge in [0.05, 0.1) is 16.5 Å². The van der Waals surface area contributed by atoms with Crippen LogP contribution in [0.1, 0.15) is 24.4 Å². The van der Waals surface area contributed by atoms with Crippen LogP contribution >= 0.6 is 11.3 Å². The Balaban J connectivity index is 2.21. The number of rotatable bonds is 5. The summed E-state index contributed by atoms with van der Waals surface area (Å²) in [5.74, 6) is 0.426. The molecule has 0 aliphatic carbocycles. The highest BCUT2D eigenvalue weighted by Crippen LogP contribution is 2.22. The largest absolute Gasteiger partial charge is 0.263 e. The molecule has 0 aliphatic rings. The van der Waals surface area contributed by atoms with Gasteiger partial charge in [-0.05, 0) is 24.1 Å². The zero-order valence-corrected chi connectivity index (χ0v) is 13.2. The van der Waals surface area contributed by atoms with Crippen molar-refractivity contribution in [1.29, 1.82) is 5.26 Å². The zero-order chi connectivity index (χ0) is 15.5. The second-order valence-electron chi connectivity index (χ2n) is 4.84. The summed E-state index contributed by atoms with van der Waals surface area (Å²) in [6.45, 7) is 4.11. The molecule has 0 saturated carbocycles. The average molecular weight is 322 g/mol. The van der Waals surface area contributed by atoms with E-state index < -0.39 is 10.0 Å². The highest BCUT2D eigenvalue weighted by atomic mass is 32.2. The van der Waals surface area contributed by atoms with Gasteiger partial charge < -0.3 is 0 Å². The minimum absolute atomic E-state index is 0.0298. The Bertz CT molecular complexity index is 775. The van der Waals surface area contributed by atoms with Crippen molar-refractivity contribution in [3.8, 4) is 6.07 Å². The van der Waals surface area contributed by atoms with Crippen molar-refractivity contribution in [3.05, 3.63) is 34.8 Å². The number of anilines is 1. The summed E-state index contributed by atoms with van der Waals surface area (Å²) in [5.41, 5.74) is 0.288. The maximum atomic E-state index is 12.2. The Hall–Kier alpha value is -1.98. The molecule has 1 aromatic carbocycles. The number of nitrogens with zero attached hydrogens (tertiary/aromatic N) is 3. The molecule has 1 heterocycles. The standard InChI is InChI=1S/C13H14N4O2S2/c1-9(2)6-12-15-16-13(20-12)17-21(18,19)11-5-3-4-10(7-11)8-14/h3-5,7,9H,6H2,1-2H3,(H,16,17). The van der Waals surface area contributed by atoms with Crippen LogP contribution in [0.15, 0.2) is 29.2 Å². The quantitative estimate of drug-likeness (QED) is 0.912.